The first-order chi connectivity index (χ1) is 10.9. The Kier molecular flexibility index (Phi) is 4.11. The molecule has 2 aromatic heterocycles. The molecule has 3 aromatic rings. The summed E-state index contributed by atoms with van der Waals surface area (Å²) in [5.74, 6) is -1.48. The summed E-state index contributed by atoms with van der Waals surface area (Å²) in [5.41, 5.74) is 0.324. The summed E-state index contributed by atoms with van der Waals surface area (Å²) < 4.78 is 30.5. The Morgan fingerprint density at radius 3 is 2.39 bits per heavy atom. The van der Waals surface area contributed by atoms with Gasteiger partial charge >= 0.3 is 0 Å². The predicted molar refractivity (Wildman–Crippen MR) is 88.0 cm³/mol. The molecule has 0 saturated carbocycles. The molecule has 0 amide bonds. The van der Waals surface area contributed by atoms with Gasteiger partial charge in [0.15, 0.2) is 9.35 Å². The minimum Gasteiger partial charge on any atom is -0.290 e. The molecule has 0 N–H and O–H groups in total. The number of halogens is 3. The Hall–Kier alpha value is -1.93. The van der Waals surface area contributed by atoms with E-state index in [-0.39, 0.29) is 22.2 Å². The maximum absolute atomic E-state index is 14.3. The van der Waals surface area contributed by atoms with Gasteiger partial charge in [0, 0.05) is 17.3 Å². The van der Waals surface area contributed by atoms with Crippen LogP contribution < -0.4 is 5.43 Å². The van der Waals surface area contributed by atoms with Gasteiger partial charge in [-0.3, -0.25) is 9.36 Å². The molecule has 118 valence electrons. The van der Waals surface area contributed by atoms with Crippen molar-refractivity contribution >= 4 is 27.3 Å². The van der Waals surface area contributed by atoms with E-state index in [2.05, 4.69) is 26.1 Å². The van der Waals surface area contributed by atoms with E-state index in [0.29, 0.717) is 14.6 Å². The molecule has 2 heterocycles. The lowest BCUT2D eigenvalue weighted by molar-refractivity contribution is 0.587. The van der Waals surface area contributed by atoms with Gasteiger partial charge in [-0.05, 0) is 41.9 Å². The number of pyridine rings is 1. The zero-order valence-corrected chi connectivity index (χ0v) is 14.5. The van der Waals surface area contributed by atoms with Crippen molar-refractivity contribution in [2.24, 2.45) is 0 Å². The SMILES string of the molecule is Cc1cn(-c2nnc(Br)s2)c(-c2c(F)cccc2F)c(C)c1=O. The van der Waals surface area contributed by atoms with E-state index in [1.165, 1.54) is 28.2 Å². The molecule has 4 nitrogen and oxygen atoms in total. The summed E-state index contributed by atoms with van der Waals surface area (Å²) >= 11 is 4.41. The Balaban J connectivity index is 2.44. The van der Waals surface area contributed by atoms with Gasteiger partial charge < -0.3 is 0 Å². The Morgan fingerprint density at radius 2 is 1.83 bits per heavy atom. The van der Waals surface area contributed by atoms with Gasteiger partial charge in [0.2, 0.25) is 5.13 Å². The smallest absolute Gasteiger partial charge is 0.217 e. The number of hydrogen-bond donors (Lipinski definition) is 0. The summed E-state index contributed by atoms with van der Waals surface area (Å²) in [4.78, 5) is 12.3. The molecule has 3 rings (SSSR count). The third-order valence-electron chi connectivity index (χ3n) is 3.41. The number of nitrogens with zero attached hydrogens (tertiary/aromatic N) is 3. The molecule has 0 unspecified atom stereocenters. The van der Waals surface area contributed by atoms with Crippen LogP contribution in [0.25, 0.3) is 16.4 Å². The molecule has 23 heavy (non-hydrogen) atoms. The molecule has 0 atom stereocenters. The molecule has 0 fully saturated rings. The van der Waals surface area contributed by atoms with Gasteiger partial charge in [0.1, 0.15) is 11.6 Å². The van der Waals surface area contributed by atoms with E-state index in [9.17, 15) is 13.6 Å². The highest BCUT2D eigenvalue weighted by Crippen LogP contribution is 2.31. The standard InChI is InChI=1S/C15H10BrF2N3OS/c1-7-6-21(15-20-19-14(16)23-15)12(8(2)13(7)22)11-9(17)4-3-5-10(11)18/h3-6H,1-2H3. The van der Waals surface area contributed by atoms with Gasteiger partial charge in [0.05, 0.1) is 11.3 Å². The molecule has 8 heteroatoms. The fourth-order valence-corrected chi connectivity index (χ4v) is 3.45. The molecule has 0 radical (unpaired) electrons. The molecule has 0 spiro atoms. The average Bonchev–Trinajstić information content (AvgIpc) is 2.93. The van der Waals surface area contributed by atoms with E-state index in [4.69, 9.17) is 0 Å². The lowest BCUT2D eigenvalue weighted by Gasteiger charge is -2.16. The maximum Gasteiger partial charge on any atom is 0.217 e. The van der Waals surface area contributed by atoms with Crippen LogP contribution in [0.1, 0.15) is 11.1 Å². The number of rotatable bonds is 2. The number of benzene rings is 1. The van der Waals surface area contributed by atoms with Crippen LogP contribution in [0.15, 0.2) is 33.1 Å². The van der Waals surface area contributed by atoms with Crippen molar-refractivity contribution in [2.45, 2.75) is 13.8 Å². The van der Waals surface area contributed by atoms with Crippen molar-refractivity contribution in [3.63, 3.8) is 0 Å². The van der Waals surface area contributed by atoms with E-state index < -0.39 is 11.6 Å². The molecule has 0 aliphatic carbocycles. The summed E-state index contributed by atoms with van der Waals surface area (Å²) in [6.45, 7) is 3.19. The van der Waals surface area contributed by atoms with Crippen molar-refractivity contribution in [1.82, 2.24) is 14.8 Å². The summed E-state index contributed by atoms with van der Waals surface area (Å²) in [5, 5.41) is 8.24. The third-order valence-corrected chi connectivity index (χ3v) is 4.77. The van der Waals surface area contributed by atoms with E-state index in [1.54, 1.807) is 13.8 Å². The van der Waals surface area contributed by atoms with Crippen molar-refractivity contribution < 1.29 is 8.78 Å². The van der Waals surface area contributed by atoms with Crippen LogP contribution in [-0.4, -0.2) is 14.8 Å². The quantitative estimate of drug-likeness (QED) is 0.656. The molecule has 1 aromatic carbocycles. The Labute approximate surface area is 142 Å². The van der Waals surface area contributed by atoms with Gasteiger partial charge in [-0.1, -0.05) is 17.4 Å². The second-order valence-corrected chi connectivity index (χ2v) is 7.15. The lowest BCUT2D eigenvalue weighted by atomic mass is 10.0. The molecule has 0 saturated heterocycles. The van der Waals surface area contributed by atoms with Crippen molar-refractivity contribution in [2.75, 3.05) is 0 Å². The second kappa shape index (κ2) is 5.93. The average molecular weight is 398 g/mol. The van der Waals surface area contributed by atoms with E-state index >= 15 is 0 Å². The normalized spacial score (nSPS) is 11.0. The van der Waals surface area contributed by atoms with Crippen LogP contribution in [0.3, 0.4) is 0 Å². The molecule has 0 aliphatic heterocycles. The zero-order chi connectivity index (χ0) is 16.7. The molecular formula is C15H10BrF2N3OS. The van der Waals surface area contributed by atoms with Crippen LogP contribution in [-0.2, 0) is 0 Å². The van der Waals surface area contributed by atoms with Gasteiger partial charge in [-0.15, -0.1) is 10.2 Å². The van der Waals surface area contributed by atoms with E-state index in [0.717, 1.165) is 12.1 Å². The van der Waals surface area contributed by atoms with Crippen molar-refractivity contribution in [3.8, 4) is 16.4 Å². The minimum absolute atomic E-state index is 0.139. The highest BCUT2D eigenvalue weighted by atomic mass is 79.9. The van der Waals surface area contributed by atoms with Crippen LogP contribution in [0.4, 0.5) is 8.78 Å². The Bertz CT molecular complexity index is 948. The second-order valence-electron chi connectivity index (χ2n) is 4.92. The summed E-state index contributed by atoms with van der Waals surface area (Å²) in [6.07, 6.45) is 1.52. The number of aryl methyl sites for hydroxylation is 1. The first kappa shape index (κ1) is 15.9. The molecular weight excluding hydrogens is 388 g/mol. The first-order valence-electron chi connectivity index (χ1n) is 6.56. The lowest BCUT2D eigenvalue weighted by Crippen LogP contribution is -2.17. The fourth-order valence-electron chi connectivity index (χ4n) is 2.38. The molecule has 0 aliphatic rings. The first-order valence-corrected chi connectivity index (χ1v) is 8.17. The van der Waals surface area contributed by atoms with Crippen molar-refractivity contribution in [3.05, 3.63) is 61.3 Å². The number of aromatic nitrogens is 3. The van der Waals surface area contributed by atoms with Crippen LogP contribution in [0.5, 0.6) is 0 Å². The fraction of sp³-hybridized carbons (Fsp3) is 0.133. The monoisotopic (exact) mass is 397 g/mol. The zero-order valence-electron chi connectivity index (χ0n) is 12.1. The Morgan fingerprint density at radius 1 is 1.17 bits per heavy atom. The van der Waals surface area contributed by atoms with Crippen LogP contribution >= 0.6 is 27.3 Å². The van der Waals surface area contributed by atoms with Gasteiger partial charge in [0.25, 0.3) is 0 Å². The van der Waals surface area contributed by atoms with Crippen LogP contribution in [0.2, 0.25) is 0 Å². The maximum atomic E-state index is 14.3. The molecule has 0 bridgehead atoms. The minimum atomic E-state index is -0.742. The van der Waals surface area contributed by atoms with Gasteiger partial charge in [-0.2, -0.15) is 0 Å². The van der Waals surface area contributed by atoms with Crippen molar-refractivity contribution in [1.29, 1.82) is 0 Å². The predicted octanol–water partition coefficient (Wildman–Crippen LogP) is 4.01. The summed E-state index contributed by atoms with van der Waals surface area (Å²) in [6, 6.07) is 3.59. The third kappa shape index (κ3) is 2.72. The highest BCUT2D eigenvalue weighted by Gasteiger charge is 2.21. The highest BCUT2D eigenvalue weighted by molar-refractivity contribution is 9.11. The topological polar surface area (TPSA) is 47.8 Å². The van der Waals surface area contributed by atoms with E-state index in [1.807, 2.05) is 0 Å². The number of hydrogen-bond acceptors (Lipinski definition) is 4. The van der Waals surface area contributed by atoms with Crippen LogP contribution in [0, 0.1) is 25.5 Å². The summed E-state index contributed by atoms with van der Waals surface area (Å²) in [7, 11) is 0. The van der Waals surface area contributed by atoms with Gasteiger partial charge in [-0.25, -0.2) is 8.78 Å². The largest absolute Gasteiger partial charge is 0.290 e.